The first kappa shape index (κ1) is 13.0. The molecule has 5 heteroatoms. The minimum Gasteiger partial charge on any atom is -0.456 e. The number of benzene rings is 2. The second kappa shape index (κ2) is 5.06. The van der Waals surface area contributed by atoms with Crippen molar-refractivity contribution in [2.24, 2.45) is 5.73 Å². The lowest BCUT2D eigenvalue weighted by Crippen LogP contribution is -2.14. The van der Waals surface area contributed by atoms with E-state index in [-0.39, 0.29) is 17.1 Å². The van der Waals surface area contributed by atoms with Crippen LogP contribution in [-0.2, 0) is 0 Å². The number of nitrogen functional groups attached to an aromatic ring is 1. The lowest BCUT2D eigenvalue weighted by molar-refractivity contribution is 0.466. The van der Waals surface area contributed by atoms with Gasteiger partial charge in [-0.05, 0) is 30.7 Å². The van der Waals surface area contributed by atoms with Gasteiger partial charge in [-0.25, -0.2) is 8.78 Å². The van der Waals surface area contributed by atoms with E-state index in [0.29, 0.717) is 5.56 Å². The number of aryl methyl sites for hydroxylation is 1. The third-order valence-corrected chi connectivity index (χ3v) is 2.61. The van der Waals surface area contributed by atoms with Gasteiger partial charge in [0.2, 0.25) is 0 Å². The molecule has 0 spiro atoms. The van der Waals surface area contributed by atoms with Crippen LogP contribution < -0.4 is 10.5 Å². The first-order valence-electron chi connectivity index (χ1n) is 5.56. The number of rotatable bonds is 3. The summed E-state index contributed by atoms with van der Waals surface area (Å²) in [7, 11) is 0. The summed E-state index contributed by atoms with van der Waals surface area (Å²) < 4.78 is 32.2. The molecular weight excluding hydrogens is 250 g/mol. The summed E-state index contributed by atoms with van der Waals surface area (Å²) in [6, 6.07) is 8.15. The molecule has 0 unspecified atom stereocenters. The Bertz CT molecular complexity index is 641. The Morgan fingerprint density at radius 3 is 2.58 bits per heavy atom. The van der Waals surface area contributed by atoms with Crippen LogP contribution in [0.1, 0.15) is 11.1 Å². The van der Waals surface area contributed by atoms with Gasteiger partial charge in [-0.15, -0.1) is 0 Å². The Balaban J connectivity index is 2.46. The first-order chi connectivity index (χ1) is 8.99. The van der Waals surface area contributed by atoms with Crippen LogP contribution in [0.3, 0.4) is 0 Å². The van der Waals surface area contributed by atoms with Gasteiger partial charge in [0, 0.05) is 6.07 Å². The Morgan fingerprint density at radius 2 is 1.89 bits per heavy atom. The molecule has 19 heavy (non-hydrogen) atoms. The zero-order valence-electron chi connectivity index (χ0n) is 10.2. The molecule has 0 atom stereocenters. The number of hydrogen-bond acceptors (Lipinski definition) is 2. The van der Waals surface area contributed by atoms with Crippen molar-refractivity contribution >= 4 is 5.84 Å². The van der Waals surface area contributed by atoms with Crippen LogP contribution in [-0.4, -0.2) is 5.84 Å². The molecular formula is C14H12F2N2O. The highest BCUT2D eigenvalue weighted by atomic mass is 19.1. The summed E-state index contributed by atoms with van der Waals surface area (Å²) in [4.78, 5) is 0. The maximum absolute atomic E-state index is 13.6. The topological polar surface area (TPSA) is 59.1 Å². The van der Waals surface area contributed by atoms with Crippen molar-refractivity contribution in [2.75, 3.05) is 0 Å². The van der Waals surface area contributed by atoms with Gasteiger partial charge in [0.05, 0.1) is 5.56 Å². The number of nitrogens with one attached hydrogen (secondary N) is 1. The van der Waals surface area contributed by atoms with Crippen molar-refractivity contribution in [2.45, 2.75) is 6.92 Å². The average Bonchev–Trinajstić information content (AvgIpc) is 2.33. The second-order valence-corrected chi connectivity index (χ2v) is 4.04. The molecule has 0 radical (unpaired) electrons. The summed E-state index contributed by atoms with van der Waals surface area (Å²) in [5.74, 6) is -1.21. The molecule has 0 amide bonds. The van der Waals surface area contributed by atoms with Crippen molar-refractivity contribution in [1.82, 2.24) is 0 Å². The zero-order valence-corrected chi connectivity index (χ0v) is 10.2. The summed E-state index contributed by atoms with van der Waals surface area (Å²) in [6.07, 6.45) is 0. The highest BCUT2D eigenvalue weighted by molar-refractivity contribution is 5.98. The van der Waals surface area contributed by atoms with E-state index in [4.69, 9.17) is 15.9 Å². The normalized spacial score (nSPS) is 10.3. The Labute approximate surface area is 109 Å². The van der Waals surface area contributed by atoms with Gasteiger partial charge in [0.25, 0.3) is 0 Å². The van der Waals surface area contributed by atoms with Gasteiger partial charge < -0.3 is 10.5 Å². The minimum absolute atomic E-state index is 0.0844. The Kier molecular flexibility index (Phi) is 3.46. The molecule has 3 N–H and O–H groups in total. The van der Waals surface area contributed by atoms with Gasteiger partial charge in [-0.2, -0.15) is 0 Å². The Morgan fingerprint density at radius 1 is 1.16 bits per heavy atom. The average molecular weight is 262 g/mol. The van der Waals surface area contributed by atoms with E-state index in [0.717, 1.165) is 0 Å². The maximum Gasteiger partial charge on any atom is 0.141 e. The fraction of sp³-hybridized carbons (Fsp3) is 0.0714. The quantitative estimate of drug-likeness (QED) is 0.658. The molecule has 2 rings (SSSR count). The number of halogens is 2. The molecule has 2 aromatic rings. The molecule has 2 aromatic carbocycles. The molecule has 0 aromatic heterocycles. The highest BCUT2D eigenvalue weighted by Crippen LogP contribution is 2.29. The summed E-state index contributed by atoms with van der Waals surface area (Å²) in [5.41, 5.74) is 5.89. The van der Waals surface area contributed by atoms with Gasteiger partial charge in [0.1, 0.15) is 29.0 Å². The molecule has 0 aliphatic heterocycles. The molecule has 0 bridgehead atoms. The molecule has 0 saturated carbocycles. The highest BCUT2D eigenvalue weighted by Gasteiger charge is 2.14. The largest absolute Gasteiger partial charge is 0.456 e. The lowest BCUT2D eigenvalue weighted by atomic mass is 10.1. The number of amidine groups is 1. The van der Waals surface area contributed by atoms with Crippen molar-refractivity contribution in [3.8, 4) is 11.5 Å². The second-order valence-electron chi connectivity index (χ2n) is 4.04. The monoisotopic (exact) mass is 262 g/mol. The third-order valence-electron chi connectivity index (χ3n) is 2.61. The fourth-order valence-electron chi connectivity index (χ4n) is 1.65. The van der Waals surface area contributed by atoms with E-state index in [2.05, 4.69) is 0 Å². The zero-order chi connectivity index (χ0) is 14.0. The van der Waals surface area contributed by atoms with E-state index < -0.39 is 17.5 Å². The van der Waals surface area contributed by atoms with Gasteiger partial charge >= 0.3 is 0 Å². The van der Waals surface area contributed by atoms with Crippen LogP contribution in [0.5, 0.6) is 11.5 Å². The summed E-state index contributed by atoms with van der Waals surface area (Å²) in [5, 5.41) is 7.36. The van der Waals surface area contributed by atoms with E-state index in [1.807, 2.05) is 0 Å². The number of nitrogens with two attached hydrogens (primary N) is 1. The van der Waals surface area contributed by atoms with E-state index in [1.54, 1.807) is 13.0 Å². The van der Waals surface area contributed by atoms with E-state index in [9.17, 15) is 8.78 Å². The smallest absolute Gasteiger partial charge is 0.141 e. The Hall–Kier alpha value is -2.43. The van der Waals surface area contributed by atoms with Crippen molar-refractivity contribution in [3.63, 3.8) is 0 Å². The van der Waals surface area contributed by atoms with Crippen LogP contribution in [0.4, 0.5) is 8.78 Å². The van der Waals surface area contributed by atoms with Crippen molar-refractivity contribution in [3.05, 3.63) is 59.2 Å². The van der Waals surface area contributed by atoms with Crippen LogP contribution in [0, 0.1) is 24.0 Å². The van der Waals surface area contributed by atoms with Gasteiger partial charge in [-0.3, -0.25) is 5.41 Å². The lowest BCUT2D eigenvalue weighted by Gasteiger charge is -2.12. The summed E-state index contributed by atoms with van der Waals surface area (Å²) in [6.45, 7) is 1.74. The first-order valence-corrected chi connectivity index (χ1v) is 5.56. The third kappa shape index (κ3) is 2.70. The van der Waals surface area contributed by atoms with E-state index >= 15 is 0 Å². The minimum atomic E-state index is -0.654. The van der Waals surface area contributed by atoms with Crippen LogP contribution in [0.2, 0.25) is 0 Å². The van der Waals surface area contributed by atoms with Gasteiger partial charge in [-0.1, -0.05) is 12.1 Å². The fourth-order valence-corrected chi connectivity index (χ4v) is 1.65. The molecule has 0 saturated heterocycles. The maximum atomic E-state index is 13.6. The summed E-state index contributed by atoms with van der Waals surface area (Å²) >= 11 is 0. The van der Waals surface area contributed by atoms with Crippen LogP contribution >= 0.6 is 0 Å². The molecule has 0 fully saturated rings. The number of hydrogen-bond donors (Lipinski definition) is 2. The predicted molar refractivity (Wildman–Crippen MR) is 68.6 cm³/mol. The predicted octanol–water partition coefficient (Wildman–Crippen LogP) is 3.35. The number of ether oxygens (including phenoxy) is 1. The van der Waals surface area contributed by atoms with Crippen molar-refractivity contribution in [1.29, 1.82) is 5.41 Å². The molecule has 3 nitrogen and oxygen atoms in total. The SMILES string of the molecule is Cc1ccc(F)cc1Oc1cccc(F)c1C(=N)N. The van der Waals surface area contributed by atoms with Crippen LogP contribution in [0.15, 0.2) is 36.4 Å². The molecule has 0 heterocycles. The molecule has 0 aliphatic rings. The molecule has 0 aliphatic carbocycles. The van der Waals surface area contributed by atoms with E-state index in [1.165, 1.54) is 30.3 Å². The van der Waals surface area contributed by atoms with Gasteiger partial charge in [0.15, 0.2) is 0 Å². The van der Waals surface area contributed by atoms with Crippen LogP contribution in [0.25, 0.3) is 0 Å². The molecule has 98 valence electrons. The van der Waals surface area contributed by atoms with Crippen molar-refractivity contribution < 1.29 is 13.5 Å². The standard InChI is InChI=1S/C14H12F2N2O/c1-8-5-6-9(15)7-12(8)19-11-4-2-3-10(16)13(11)14(17)18/h2-7H,1H3,(H3,17,18).